The van der Waals surface area contributed by atoms with Crippen molar-refractivity contribution in [1.29, 1.82) is 0 Å². The molecule has 9 heteroatoms. The first-order valence-corrected chi connectivity index (χ1v) is 15.8. The van der Waals surface area contributed by atoms with Crippen LogP contribution in [0.1, 0.15) is 31.8 Å². The third-order valence-electron chi connectivity index (χ3n) is 8.71. The van der Waals surface area contributed by atoms with Crippen LogP contribution in [0.25, 0.3) is 32.7 Å². The number of carbonyl (C=O) groups is 2. The van der Waals surface area contributed by atoms with Gasteiger partial charge in [-0.05, 0) is 82.9 Å². The number of carbonyl (C=O) groups excluding carboxylic acids is 2. The summed E-state index contributed by atoms with van der Waals surface area (Å²) < 4.78 is 0. The van der Waals surface area contributed by atoms with E-state index in [0.717, 1.165) is 27.5 Å². The fourth-order valence-corrected chi connectivity index (χ4v) is 6.26. The topological polar surface area (TPSA) is 136 Å². The first-order valence-electron chi connectivity index (χ1n) is 15.8. The van der Waals surface area contributed by atoms with Gasteiger partial charge in [0, 0.05) is 27.6 Å². The summed E-state index contributed by atoms with van der Waals surface area (Å²) >= 11 is 0. The van der Waals surface area contributed by atoms with E-state index in [1.54, 1.807) is 48.5 Å². The van der Waals surface area contributed by atoms with Crippen molar-refractivity contribution < 1.29 is 19.8 Å². The molecule has 0 bridgehead atoms. The van der Waals surface area contributed by atoms with Gasteiger partial charge in [0.25, 0.3) is 5.91 Å². The van der Waals surface area contributed by atoms with Gasteiger partial charge in [0.2, 0.25) is 0 Å². The van der Waals surface area contributed by atoms with Gasteiger partial charge in [0.05, 0.1) is 16.9 Å². The van der Waals surface area contributed by atoms with Gasteiger partial charge in [0.1, 0.15) is 17.1 Å². The lowest BCUT2D eigenvalue weighted by molar-refractivity contribution is 0.102. The third kappa shape index (κ3) is 5.42. The molecule has 0 aromatic heterocycles. The highest BCUT2D eigenvalue weighted by Crippen LogP contribution is 2.43. The van der Waals surface area contributed by atoms with Crippen LogP contribution in [0.5, 0.6) is 11.5 Å². The van der Waals surface area contributed by atoms with Crippen LogP contribution in [0.3, 0.4) is 0 Å². The van der Waals surface area contributed by atoms with E-state index in [0.29, 0.717) is 44.6 Å². The monoisotopic (exact) mass is 653 g/mol. The predicted molar refractivity (Wildman–Crippen MR) is 194 cm³/mol. The summed E-state index contributed by atoms with van der Waals surface area (Å²) in [6, 6.07) is 37.8. The molecule has 3 N–H and O–H groups in total. The number of rotatable bonds is 6. The number of phenolic OH excluding ortho intramolecular Hbond substituents is 2. The van der Waals surface area contributed by atoms with E-state index in [9.17, 15) is 19.8 Å². The summed E-state index contributed by atoms with van der Waals surface area (Å²) in [7, 11) is 0. The number of aromatic hydroxyl groups is 2. The van der Waals surface area contributed by atoms with E-state index in [4.69, 9.17) is 0 Å². The van der Waals surface area contributed by atoms with Gasteiger partial charge in [0.15, 0.2) is 11.5 Å². The standard InChI is InChI=1S/C41H27N5O4/c1-23-7-6-10-26(19-23)42-41(50)35-20-25-9-3-5-12-30(25)38(40(35)49)46-44-28-15-17-32-31-16-14-27(21-33(31)39(48)34(32)22-28)43-45-37-29-11-4-2-8-24(29)13-18-36(37)47/h2-22,47,49H,1H3,(H,42,50). The minimum absolute atomic E-state index is 0.0114. The number of azo groups is 2. The lowest BCUT2D eigenvalue weighted by atomic mass is 10.0. The van der Waals surface area contributed by atoms with Gasteiger partial charge in [-0.2, -0.15) is 10.2 Å². The summed E-state index contributed by atoms with van der Waals surface area (Å²) in [5, 5.41) is 45.1. The van der Waals surface area contributed by atoms with Gasteiger partial charge < -0.3 is 15.5 Å². The van der Waals surface area contributed by atoms with E-state index in [1.165, 1.54) is 0 Å². The molecular formula is C41H27N5O4. The van der Waals surface area contributed by atoms with Crippen molar-refractivity contribution in [2.75, 3.05) is 5.32 Å². The number of fused-ring (bicyclic) bond motifs is 5. The van der Waals surface area contributed by atoms with Crippen molar-refractivity contribution in [3.63, 3.8) is 0 Å². The number of aryl methyl sites for hydroxylation is 1. The third-order valence-corrected chi connectivity index (χ3v) is 8.71. The number of hydrogen-bond acceptors (Lipinski definition) is 8. The molecule has 50 heavy (non-hydrogen) atoms. The number of nitrogens with zero attached hydrogens (tertiary/aromatic N) is 4. The van der Waals surface area contributed by atoms with Crippen molar-refractivity contribution in [3.8, 4) is 22.6 Å². The molecule has 7 aromatic rings. The maximum atomic E-state index is 13.6. The van der Waals surface area contributed by atoms with Crippen LogP contribution in [0, 0.1) is 6.92 Å². The van der Waals surface area contributed by atoms with Crippen molar-refractivity contribution >= 4 is 61.7 Å². The zero-order valence-corrected chi connectivity index (χ0v) is 26.6. The van der Waals surface area contributed by atoms with E-state index in [-0.39, 0.29) is 28.5 Å². The molecular weight excluding hydrogens is 626 g/mol. The number of benzene rings is 7. The van der Waals surface area contributed by atoms with Gasteiger partial charge >= 0.3 is 0 Å². The minimum atomic E-state index is -0.482. The second-order valence-corrected chi connectivity index (χ2v) is 12.0. The Kier molecular flexibility index (Phi) is 7.42. The fraction of sp³-hybridized carbons (Fsp3) is 0.0244. The van der Waals surface area contributed by atoms with Gasteiger partial charge in [-0.15, -0.1) is 10.2 Å². The van der Waals surface area contributed by atoms with E-state index in [2.05, 4.69) is 25.8 Å². The van der Waals surface area contributed by atoms with Crippen LogP contribution in [-0.4, -0.2) is 21.9 Å². The molecule has 1 amide bonds. The fourth-order valence-electron chi connectivity index (χ4n) is 6.26. The molecule has 0 fully saturated rings. The Hall–Kier alpha value is -7.00. The van der Waals surface area contributed by atoms with Crippen LogP contribution in [0.4, 0.5) is 28.4 Å². The summed E-state index contributed by atoms with van der Waals surface area (Å²) in [6.45, 7) is 1.93. The quantitative estimate of drug-likeness (QED) is 0.154. The number of anilines is 1. The van der Waals surface area contributed by atoms with Crippen LogP contribution < -0.4 is 5.32 Å². The molecule has 0 unspecified atom stereocenters. The number of hydrogen-bond donors (Lipinski definition) is 3. The predicted octanol–water partition coefficient (Wildman–Crippen LogP) is 11.0. The number of ketones is 1. The summed E-state index contributed by atoms with van der Waals surface area (Å²) in [5.41, 5.74) is 5.44. The van der Waals surface area contributed by atoms with E-state index in [1.807, 2.05) is 85.8 Å². The lowest BCUT2D eigenvalue weighted by Crippen LogP contribution is -2.12. The highest BCUT2D eigenvalue weighted by atomic mass is 16.3. The molecule has 1 aliphatic carbocycles. The van der Waals surface area contributed by atoms with E-state index < -0.39 is 5.91 Å². The molecule has 0 aliphatic heterocycles. The lowest BCUT2D eigenvalue weighted by Gasteiger charge is -2.11. The van der Waals surface area contributed by atoms with Crippen molar-refractivity contribution in [1.82, 2.24) is 0 Å². The Balaban J connectivity index is 1.09. The molecule has 0 radical (unpaired) electrons. The molecule has 8 rings (SSSR count). The van der Waals surface area contributed by atoms with Gasteiger partial charge in [-0.1, -0.05) is 78.9 Å². The summed E-state index contributed by atoms with van der Waals surface area (Å²) in [6.07, 6.45) is 0. The first kappa shape index (κ1) is 30.3. The number of nitrogens with one attached hydrogen (secondary N) is 1. The Morgan fingerprint density at radius 3 is 1.88 bits per heavy atom. The minimum Gasteiger partial charge on any atom is -0.506 e. The largest absolute Gasteiger partial charge is 0.506 e. The molecule has 0 atom stereocenters. The maximum Gasteiger partial charge on any atom is 0.259 e. The van der Waals surface area contributed by atoms with Gasteiger partial charge in [-0.3, -0.25) is 9.59 Å². The second-order valence-electron chi connectivity index (χ2n) is 12.0. The average Bonchev–Trinajstić information content (AvgIpc) is 3.40. The Morgan fingerprint density at radius 1 is 0.580 bits per heavy atom. The molecule has 240 valence electrons. The molecule has 7 aromatic carbocycles. The number of amides is 1. The van der Waals surface area contributed by atoms with Crippen LogP contribution in [-0.2, 0) is 0 Å². The first-order chi connectivity index (χ1) is 24.3. The molecule has 0 saturated carbocycles. The summed E-state index contributed by atoms with van der Waals surface area (Å²) in [5.74, 6) is -0.970. The highest BCUT2D eigenvalue weighted by Gasteiger charge is 2.27. The molecule has 0 spiro atoms. The Morgan fingerprint density at radius 2 is 1.20 bits per heavy atom. The van der Waals surface area contributed by atoms with Crippen LogP contribution in [0.15, 0.2) is 148 Å². The average molecular weight is 654 g/mol. The van der Waals surface area contributed by atoms with Gasteiger partial charge in [-0.25, -0.2) is 0 Å². The summed E-state index contributed by atoms with van der Waals surface area (Å²) in [4.78, 5) is 26.9. The zero-order valence-electron chi connectivity index (χ0n) is 26.6. The molecule has 1 aliphatic rings. The number of phenols is 2. The SMILES string of the molecule is Cc1cccc(NC(=O)c2cc3ccccc3c(N=Nc3ccc4c(c3)C(=O)c3cc(N=Nc5c(O)ccc6ccccc56)ccc3-4)c2O)c1. The smallest absolute Gasteiger partial charge is 0.259 e. The van der Waals surface area contributed by atoms with Crippen LogP contribution in [0.2, 0.25) is 0 Å². The molecule has 9 nitrogen and oxygen atoms in total. The maximum absolute atomic E-state index is 13.6. The molecule has 0 saturated heterocycles. The second kappa shape index (κ2) is 12.2. The van der Waals surface area contributed by atoms with Crippen molar-refractivity contribution in [2.45, 2.75) is 6.92 Å². The highest BCUT2D eigenvalue weighted by molar-refractivity contribution is 6.22. The normalized spacial score (nSPS) is 12.2. The Bertz CT molecular complexity index is 2610. The van der Waals surface area contributed by atoms with Crippen molar-refractivity contribution in [3.05, 3.63) is 150 Å². The van der Waals surface area contributed by atoms with Crippen LogP contribution >= 0.6 is 0 Å². The van der Waals surface area contributed by atoms with E-state index >= 15 is 0 Å². The van der Waals surface area contributed by atoms with Crippen molar-refractivity contribution in [2.24, 2.45) is 20.5 Å². The Labute approximate surface area is 285 Å². The molecule has 0 heterocycles. The zero-order chi connectivity index (χ0) is 34.4.